The molecule has 0 aliphatic carbocycles. The molecule has 4 nitrogen and oxygen atoms in total. The van der Waals surface area contributed by atoms with E-state index in [9.17, 15) is 4.79 Å². The number of amides is 1. The molecular formula is C15H23ClN2O2. The third-order valence-electron chi connectivity index (χ3n) is 2.87. The Hall–Kier alpha value is -1.26. The lowest BCUT2D eigenvalue weighted by atomic mass is 10.1. The molecule has 1 amide bonds. The van der Waals surface area contributed by atoms with Crippen molar-refractivity contribution in [2.24, 2.45) is 11.7 Å². The molecule has 0 saturated carbocycles. The molecule has 0 heterocycles. The van der Waals surface area contributed by atoms with Gasteiger partial charge in [-0.25, -0.2) is 0 Å². The summed E-state index contributed by atoms with van der Waals surface area (Å²) >= 11 is 5.93. The number of rotatable bonds is 7. The third-order valence-corrected chi connectivity index (χ3v) is 3.10. The predicted molar refractivity (Wildman–Crippen MR) is 82.0 cm³/mol. The van der Waals surface area contributed by atoms with Crippen LogP contribution in [0.5, 0.6) is 5.75 Å². The molecule has 1 aromatic carbocycles. The normalized spacial score (nSPS) is 12.3. The molecule has 0 saturated heterocycles. The number of ether oxygens (including phenoxy) is 1. The first kappa shape index (κ1) is 16.8. The number of nitrogens with one attached hydrogen (secondary N) is 1. The first-order valence-corrected chi connectivity index (χ1v) is 7.22. The lowest BCUT2D eigenvalue weighted by molar-refractivity contribution is -0.123. The minimum absolute atomic E-state index is 0.0144. The van der Waals surface area contributed by atoms with Crippen LogP contribution in [0, 0.1) is 5.92 Å². The fourth-order valence-electron chi connectivity index (χ4n) is 1.70. The number of hydrogen-bond donors (Lipinski definition) is 2. The van der Waals surface area contributed by atoms with Gasteiger partial charge in [-0.15, -0.1) is 0 Å². The van der Waals surface area contributed by atoms with Crippen molar-refractivity contribution in [2.45, 2.75) is 33.2 Å². The SMILES string of the molecule is CC(C)CCNC(=O)COc1ccc(Cl)cc1[C@H](C)N. The highest BCUT2D eigenvalue weighted by Crippen LogP contribution is 2.27. The maximum absolute atomic E-state index is 11.7. The van der Waals surface area contributed by atoms with Gasteiger partial charge in [-0.2, -0.15) is 0 Å². The van der Waals surface area contributed by atoms with E-state index in [4.69, 9.17) is 22.1 Å². The highest BCUT2D eigenvalue weighted by Gasteiger charge is 2.10. The largest absolute Gasteiger partial charge is 0.483 e. The zero-order chi connectivity index (χ0) is 15.1. The Bertz CT molecular complexity index is 447. The Kier molecular flexibility index (Phi) is 6.82. The summed E-state index contributed by atoms with van der Waals surface area (Å²) in [6, 6.07) is 5.02. The number of carbonyl (C=O) groups excluding carboxylic acids is 1. The van der Waals surface area contributed by atoms with Crippen molar-refractivity contribution < 1.29 is 9.53 Å². The van der Waals surface area contributed by atoms with Crippen molar-refractivity contribution in [2.75, 3.05) is 13.2 Å². The molecule has 0 radical (unpaired) electrons. The molecule has 1 aromatic rings. The summed E-state index contributed by atoms with van der Waals surface area (Å²) in [6.45, 7) is 6.73. The molecule has 0 unspecified atom stereocenters. The molecule has 3 N–H and O–H groups in total. The fourth-order valence-corrected chi connectivity index (χ4v) is 1.88. The van der Waals surface area contributed by atoms with Crippen molar-refractivity contribution in [3.05, 3.63) is 28.8 Å². The molecule has 0 aliphatic rings. The highest BCUT2D eigenvalue weighted by molar-refractivity contribution is 6.30. The van der Waals surface area contributed by atoms with Gasteiger partial charge in [0.25, 0.3) is 5.91 Å². The van der Waals surface area contributed by atoms with Crippen LogP contribution in [0.4, 0.5) is 0 Å². The first-order chi connectivity index (χ1) is 9.40. The summed E-state index contributed by atoms with van der Waals surface area (Å²) < 4.78 is 5.52. The zero-order valence-corrected chi connectivity index (χ0v) is 13.0. The van der Waals surface area contributed by atoms with Crippen LogP contribution in [0.3, 0.4) is 0 Å². The maximum atomic E-state index is 11.7. The van der Waals surface area contributed by atoms with Crippen LogP contribution in [0.1, 0.15) is 38.8 Å². The second-order valence-corrected chi connectivity index (χ2v) is 5.73. The van der Waals surface area contributed by atoms with Crippen LogP contribution >= 0.6 is 11.6 Å². The number of halogens is 1. The van der Waals surface area contributed by atoms with Crippen LogP contribution in [-0.2, 0) is 4.79 Å². The Morgan fingerprint density at radius 2 is 2.10 bits per heavy atom. The van der Waals surface area contributed by atoms with Crippen LogP contribution < -0.4 is 15.8 Å². The Balaban J connectivity index is 2.51. The van der Waals surface area contributed by atoms with Crippen LogP contribution in [0.2, 0.25) is 5.02 Å². The molecule has 1 rings (SSSR count). The van der Waals surface area contributed by atoms with E-state index in [0.29, 0.717) is 23.2 Å². The molecule has 0 fully saturated rings. The summed E-state index contributed by atoms with van der Waals surface area (Å²) in [7, 11) is 0. The van der Waals surface area contributed by atoms with Crippen molar-refractivity contribution in [3.8, 4) is 5.75 Å². The highest BCUT2D eigenvalue weighted by atomic mass is 35.5. The van der Waals surface area contributed by atoms with Gasteiger partial charge in [0.1, 0.15) is 5.75 Å². The van der Waals surface area contributed by atoms with Gasteiger partial charge in [0.05, 0.1) is 0 Å². The fraction of sp³-hybridized carbons (Fsp3) is 0.533. The molecule has 0 aromatic heterocycles. The van der Waals surface area contributed by atoms with Gasteiger partial charge in [0.15, 0.2) is 6.61 Å². The number of hydrogen-bond acceptors (Lipinski definition) is 3. The number of carbonyl (C=O) groups is 1. The minimum Gasteiger partial charge on any atom is -0.483 e. The predicted octanol–water partition coefficient (Wildman–Crippen LogP) is 2.90. The topological polar surface area (TPSA) is 64.3 Å². The van der Waals surface area contributed by atoms with Crippen LogP contribution in [0.25, 0.3) is 0 Å². The van der Waals surface area contributed by atoms with E-state index < -0.39 is 0 Å². The van der Waals surface area contributed by atoms with Crippen molar-refractivity contribution in [1.82, 2.24) is 5.32 Å². The smallest absolute Gasteiger partial charge is 0.257 e. The summed E-state index contributed by atoms with van der Waals surface area (Å²) in [5, 5.41) is 3.43. The Labute approximate surface area is 125 Å². The van der Waals surface area contributed by atoms with Gasteiger partial charge < -0.3 is 15.8 Å². The lowest BCUT2D eigenvalue weighted by Crippen LogP contribution is -2.30. The summed E-state index contributed by atoms with van der Waals surface area (Å²) in [5.41, 5.74) is 6.66. The summed E-state index contributed by atoms with van der Waals surface area (Å²) in [6.07, 6.45) is 0.956. The quantitative estimate of drug-likeness (QED) is 0.813. The van der Waals surface area contributed by atoms with Crippen molar-refractivity contribution in [1.29, 1.82) is 0 Å². The van der Waals surface area contributed by atoms with Gasteiger partial charge in [-0.3, -0.25) is 4.79 Å². The molecule has 112 valence electrons. The maximum Gasteiger partial charge on any atom is 0.257 e. The van der Waals surface area contributed by atoms with Crippen molar-refractivity contribution >= 4 is 17.5 Å². The lowest BCUT2D eigenvalue weighted by Gasteiger charge is -2.14. The average Bonchev–Trinajstić information content (AvgIpc) is 2.36. The molecule has 0 aliphatic heterocycles. The molecule has 1 atom stereocenters. The van der Waals surface area contributed by atoms with Crippen LogP contribution in [0.15, 0.2) is 18.2 Å². The zero-order valence-electron chi connectivity index (χ0n) is 12.3. The van der Waals surface area contributed by atoms with Gasteiger partial charge in [-0.05, 0) is 37.5 Å². The summed E-state index contributed by atoms with van der Waals surface area (Å²) in [4.78, 5) is 11.7. The van der Waals surface area contributed by atoms with Gasteiger partial charge in [0.2, 0.25) is 0 Å². The van der Waals surface area contributed by atoms with E-state index in [-0.39, 0.29) is 18.6 Å². The van der Waals surface area contributed by atoms with E-state index in [1.54, 1.807) is 18.2 Å². The number of benzene rings is 1. The molecule has 5 heteroatoms. The minimum atomic E-state index is -0.201. The van der Waals surface area contributed by atoms with Gasteiger partial charge in [0, 0.05) is 23.2 Å². The average molecular weight is 299 g/mol. The summed E-state index contributed by atoms with van der Waals surface area (Å²) in [5.74, 6) is 1.04. The van der Waals surface area contributed by atoms with E-state index in [1.165, 1.54) is 0 Å². The van der Waals surface area contributed by atoms with Crippen molar-refractivity contribution in [3.63, 3.8) is 0 Å². The molecule has 0 bridgehead atoms. The monoisotopic (exact) mass is 298 g/mol. The molecule has 0 spiro atoms. The third kappa shape index (κ3) is 5.80. The Morgan fingerprint density at radius 3 is 2.70 bits per heavy atom. The van der Waals surface area contributed by atoms with Crippen LogP contribution in [-0.4, -0.2) is 19.1 Å². The van der Waals surface area contributed by atoms with Gasteiger partial charge >= 0.3 is 0 Å². The first-order valence-electron chi connectivity index (χ1n) is 6.84. The molecule has 20 heavy (non-hydrogen) atoms. The second-order valence-electron chi connectivity index (χ2n) is 5.29. The van der Waals surface area contributed by atoms with E-state index in [1.807, 2.05) is 6.92 Å². The second kappa shape index (κ2) is 8.12. The van der Waals surface area contributed by atoms with E-state index in [2.05, 4.69) is 19.2 Å². The number of nitrogens with two attached hydrogens (primary N) is 1. The standard InChI is InChI=1S/C15H23ClN2O2/c1-10(2)6-7-18-15(19)9-20-14-5-4-12(16)8-13(14)11(3)17/h4-5,8,10-11H,6-7,9,17H2,1-3H3,(H,18,19)/t11-/m0/s1. The van der Waals surface area contributed by atoms with E-state index >= 15 is 0 Å². The molecular weight excluding hydrogens is 276 g/mol. The van der Waals surface area contributed by atoms with E-state index in [0.717, 1.165) is 12.0 Å². The van der Waals surface area contributed by atoms with Gasteiger partial charge in [-0.1, -0.05) is 25.4 Å². The Morgan fingerprint density at radius 1 is 1.40 bits per heavy atom.